The molecule has 10 heteroatoms. The Morgan fingerprint density at radius 1 is 1.06 bits per heavy atom. The van der Waals surface area contributed by atoms with Gasteiger partial charge in [-0.1, -0.05) is 48.2 Å². The molecule has 9 nitrogen and oxygen atoms in total. The van der Waals surface area contributed by atoms with Crippen molar-refractivity contribution in [2.75, 3.05) is 11.1 Å². The van der Waals surface area contributed by atoms with E-state index in [1.165, 1.54) is 16.4 Å². The Balaban J connectivity index is 1.42. The highest BCUT2D eigenvalue weighted by molar-refractivity contribution is 7.99. The van der Waals surface area contributed by atoms with Crippen molar-refractivity contribution in [2.45, 2.75) is 25.1 Å². The average molecular weight is 479 g/mol. The molecule has 4 rings (SSSR count). The molecule has 0 saturated carbocycles. The first-order valence-corrected chi connectivity index (χ1v) is 11.7. The highest BCUT2D eigenvalue weighted by Gasteiger charge is 2.20. The van der Waals surface area contributed by atoms with Crippen molar-refractivity contribution in [2.24, 2.45) is 14.1 Å². The maximum Gasteiger partial charge on any atom is 0.295 e. The predicted octanol–water partition coefficient (Wildman–Crippen LogP) is 3.48. The quantitative estimate of drug-likeness (QED) is 0.390. The van der Waals surface area contributed by atoms with Gasteiger partial charge >= 0.3 is 0 Å². The van der Waals surface area contributed by atoms with E-state index in [2.05, 4.69) is 15.5 Å². The molecular formula is C24H26N6O3S. The van der Waals surface area contributed by atoms with Crippen LogP contribution in [0.4, 0.5) is 5.69 Å². The second-order valence-electron chi connectivity index (χ2n) is 7.75. The molecule has 2 aromatic carbocycles. The van der Waals surface area contributed by atoms with Crippen LogP contribution in [0.3, 0.4) is 0 Å². The van der Waals surface area contributed by atoms with Crippen LogP contribution in [0, 0.1) is 6.92 Å². The number of rotatable bonds is 8. The molecule has 0 saturated heterocycles. The Kier molecular flexibility index (Phi) is 6.87. The monoisotopic (exact) mass is 478 g/mol. The zero-order valence-corrected chi connectivity index (χ0v) is 20.2. The van der Waals surface area contributed by atoms with Crippen molar-refractivity contribution in [3.63, 3.8) is 0 Å². The normalized spacial score (nSPS) is 11.9. The molecule has 1 atom stereocenters. The summed E-state index contributed by atoms with van der Waals surface area (Å²) in [6.07, 6.45) is -0.313. The van der Waals surface area contributed by atoms with Crippen molar-refractivity contribution in [3.8, 4) is 11.4 Å². The number of hydrogen-bond acceptors (Lipinski definition) is 6. The summed E-state index contributed by atoms with van der Waals surface area (Å²) in [6.45, 7) is 3.70. The molecule has 0 aliphatic carbocycles. The summed E-state index contributed by atoms with van der Waals surface area (Å²) in [7, 11) is 3.62. The summed E-state index contributed by atoms with van der Waals surface area (Å²) in [5.41, 5.74) is 1.38. The maximum atomic E-state index is 13.0. The minimum atomic E-state index is -0.313. The molecule has 1 amide bonds. The summed E-state index contributed by atoms with van der Waals surface area (Å²) in [5.74, 6) is 1.18. The Bertz CT molecular complexity index is 1340. The molecule has 0 aliphatic heterocycles. The van der Waals surface area contributed by atoms with Gasteiger partial charge in [-0.25, -0.2) is 4.68 Å². The van der Waals surface area contributed by atoms with E-state index in [1.807, 2.05) is 79.2 Å². The molecule has 0 radical (unpaired) electrons. The first-order valence-electron chi connectivity index (χ1n) is 10.7. The van der Waals surface area contributed by atoms with Crippen LogP contribution < -0.4 is 15.6 Å². The van der Waals surface area contributed by atoms with E-state index in [4.69, 9.17) is 4.74 Å². The lowest BCUT2D eigenvalue weighted by molar-refractivity contribution is -0.113. The highest BCUT2D eigenvalue weighted by atomic mass is 32.2. The molecule has 2 heterocycles. The molecule has 34 heavy (non-hydrogen) atoms. The molecule has 4 aromatic rings. The van der Waals surface area contributed by atoms with Crippen molar-refractivity contribution < 1.29 is 9.53 Å². The van der Waals surface area contributed by atoms with Gasteiger partial charge in [0.15, 0.2) is 17.1 Å². The Labute approximate surface area is 201 Å². The second kappa shape index (κ2) is 10.0. The standard InChI is InChI=1S/C24H26N6O3S/c1-16-21(23(32)30(29(16)4)18-11-7-5-8-12-18)25-20(31)15-34-24-27-26-22(28(24)3)17(2)33-19-13-9-6-10-14-19/h5-14,17H,15H2,1-4H3,(H,25,31). The number of amides is 1. The van der Waals surface area contributed by atoms with Crippen molar-refractivity contribution in [1.82, 2.24) is 24.1 Å². The number of thioether (sulfide) groups is 1. The zero-order chi connectivity index (χ0) is 24.2. The second-order valence-corrected chi connectivity index (χ2v) is 8.69. The fourth-order valence-electron chi connectivity index (χ4n) is 3.58. The van der Waals surface area contributed by atoms with Crippen molar-refractivity contribution in [3.05, 3.63) is 82.5 Å². The van der Waals surface area contributed by atoms with Crippen LogP contribution in [0.2, 0.25) is 0 Å². The number of nitrogens with zero attached hydrogens (tertiary/aromatic N) is 5. The molecule has 176 valence electrons. The van der Waals surface area contributed by atoms with Gasteiger partial charge in [0.1, 0.15) is 11.4 Å². The summed E-state index contributed by atoms with van der Waals surface area (Å²) in [6, 6.07) is 18.8. The van der Waals surface area contributed by atoms with Crippen LogP contribution in [0.15, 0.2) is 70.6 Å². The number of ether oxygens (including phenoxy) is 1. The first-order chi connectivity index (χ1) is 16.4. The molecule has 0 bridgehead atoms. The van der Waals surface area contributed by atoms with E-state index < -0.39 is 0 Å². The number of hydrogen-bond donors (Lipinski definition) is 1. The van der Waals surface area contributed by atoms with Crippen LogP contribution >= 0.6 is 11.8 Å². The SMILES string of the molecule is Cc1c(NC(=O)CSc2nnc(C(C)Oc3ccccc3)n2C)c(=O)n(-c2ccccc2)n1C. The summed E-state index contributed by atoms with van der Waals surface area (Å²) < 4.78 is 11.0. The Morgan fingerprint density at radius 3 is 2.38 bits per heavy atom. The van der Waals surface area contributed by atoms with Gasteiger partial charge in [-0.2, -0.15) is 0 Å². The number of benzene rings is 2. The van der Waals surface area contributed by atoms with Crippen LogP contribution in [0.1, 0.15) is 24.5 Å². The third-order valence-corrected chi connectivity index (χ3v) is 6.46. The molecule has 0 aliphatic rings. The van der Waals surface area contributed by atoms with Gasteiger partial charge in [0.25, 0.3) is 5.56 Å². The number of carbonyl (C=O) groups is 1. The molecule has 0 fully saturated rings. The lowest BCUT2D eigenvalue weighted by Crippen LogP contribution is -2.23. The fourth-order valence-corrected chi connectivity index (χ4v) is 4.30. The lowest BCUT2D eigenvalue weighted by Gasteiger charge is -2.14. The molecule has 2 aromatic heterocycles. The molecule has 1 N–H and O–H groups in total. The largest absolute Gasteiger partial charge is 0.483 e. The third kappa shape index (κ3) is 4.76. The van der Waals surface area contributed by atoms with Crippen LogP contribution in [-0.4, -0.2) is 35.8 Å². The molecule has 0 spiro atoms. The minimum Gasteiger partial charge on any atom is -0.483 e. The lowest BCUT2D eigenvalue weighted by atomic mass is 10.3. The third-order valence-electron chi connectivity index (χ3n) is 5.44. The van der Waals surface area contributed by atoms with Crippen LogP contribution in [0.5, 0.6) is 5.75 Å². The smallest absolute Gasteiger partial charge is 0.295 e. The van der Waals surface area contributed by atoms with Gasteiger partial charge in [-0.3, -0.25) is 14.3 Å². The summed E-state index contributed by atoms with van der Waals surface area (Å²) >= 11 is 1.24. The van der Waals surface area contributed by atoms with Crippen LogP contribution in [-0.2, 0) is 18.9 Å². The predicted molar refractivity (Wildman–Crippen MR) is 132 cm³/mol. The summed E-state index contributed by atoms with van der Waals surface area (Å²) in [4.78, 5) is 25.7. The van der Waals surface area contributed by atoms with Gasteiger partial charge in [0.05, 0.1) is 17.1 Å². The number of nitrogens with one attached hydrogen (secondary N) is 1. The Hall–Kier alpha value is -3.79. The Morgan fingerprint density at radius 2 is 1.71 bits per heavy atom. The van der Waals surface area contributed by atoms with Gasteiger partial charge in [0.2, 0.25) is 5.91 Å². The number of para-hydroxylation sites is 2. The number of carbonyl (C=O) groups excluding carboxylic acids is 1. The van der Waals surface area contributed by atoms with Gasteiger partial charge in [-0.05, 0) is 38.1 Å². The van der Waals surface area contributed by atoms with Crippen LogP contribution in [0.25, 0.3) is 5.69 Å². The van der Waals surface area contributed by atoms with Crippen molar-refractivity contribution in [1.29, 1.82) is 0 Å². The minimum absolute atomic E-state index is 0.0823. The first kappa shape index (κ1) is 23.4. The van der Waals surface area contributed by atoms with E-state index in [1.54, 1.807) is 18.7 Å². The fraction of sp³-hybridized carbons (Fsp3) is 0.250. The summed E-state index contributed by atoms with van der Waals surface area (Å²) in [5, 5.41) is 11.8. The van der Waals surface area contributed by atoms with E-state index in [0.717, 1.165) is 11.4 Å². The van der Waals surface area contributed by atoms with Gasteiger partial charge in [0, 0.05) is 14.1 Å². The van der Waals surface area contributed by atoms with Gasteiger partial charge in [-0.15, -0.1) is 10.2 Å². The van der Waals surface area contributed by atoms with E-state index in [-0.39, 0.29) is 29.0 Å². The van der Waals surface area contributed by atoms with E-state index in [9.17, 15) is 9.59 Å². The average Bonchev–Trinajstić information content (AvgIpc) is 3.31. The van der Waals surface area contributed by atoms with Crippen molar-refractivity contribution >= 4 is 23.4 Å². The maximum absolute atomic E-state index is 13.0. The van der Waals surface area contributed by atoms with E-state index in [0.29, 0.717) is 16.7 Å². The molecular weight excluding hydrogens is 452 g/mol. The highest BCUT2D eigenvalue weighted by Crippen LogP contribution is 2.23. The molecule has 1 unspecified atom stereocenters. The number of aromatic nitrogens is 5. The van der Waals surface area contributed by atoms with E-state index >= 15 is 0 Å². The van der Waals surface area contributed by atoms with Gasteiger partial charge < -0.3 is 14.6 Å². The topological polar surface area (TPSA) is 96.0 Å². The zero-order valence-electron chi connectivity index (χ0n) is 19.4. The number of anilines is 1.